The predicted molar refractivity (Wildman–Crippen MR) is 139 cm³/mol. The van der Waals surface area contributed by atoms with Gasteiger partial charge >= 0.3 is 0 Å². The van der Waals surface area contributed by atoms with E-state index in [1.54, 1.807) is 6.20 Å². The van der Waals surface area contributed by atoms with Gasteiger partial charge in [-0.3, -0.25) is 15.2 Å². The van der Waals surface area contributed by atoms with Crippen LogP contribution < -0.4 is 16.1 Å². The Morgan fingerprint density at radius 1 is 0.970 bits per heavy atom. The fourth-order valence-electron chi connectivity index (χ4n) is 3.64. The van der Waals surface area contributed by atoms with E-state index >= 15 is 0 Å². The second-order valence-corrected chi connectivity index (χ2v) is 8.63. The molecule has 0 aliphatic rings. The molecular formula is C26H32ClN5O. The summed E-state index contributed by atoms with van der Waals surface area (Å²) in [7, 11) is 0. The van der Waals surface area contributed by atoms with Gasteiger partial charge in [-0.1, -0.05) is 48.6 Å². The lowest BCUT2D eigenvalue weighted by Gasteiger charge is -2.09. The average molecular weight is 466 g/mol. The van der Waals surface area contributed by atoms with Crippen LogP contribution in [0.25, 0.3) is 10.9 Å². The van der Waals surface area contributed by atoms with Gasteiger partial charge in [0.15, 0.2) is 0 Å². The van der Waals surface area contributed by atoms with Crippen molar-refractivity contribution in [2.45, 2.75) is 46.0 Å². The van der Waals surface area contributed by atoms with Gasteiger partial charge in [0.2, 0.25) is 0 Å². The molecule has 3 rings (SSSR count). The molecule has 3 aromatic rings. The zero-order chi connectivity index (χ0) is 23.5. The maximum absolute atomic E-state index is 11.9. The third-order valence-electron chi connectivity index (χ3n) is 5.42. The van der Waals surface area contributed by atoms with Crippen molar-refractivity contribution in [2.24, 2.45) is 5.10 Å². The highest BCUT2D eigenvalue weighted by atomic mass is 35.5. The molecule has 174 valence electrons. The lowest BCUT2D eigenvalue weighted by molar-refractivity contribution is -0.114. The summed E-state index contributed by atoms with van der Waals surface area (Å²) in [5.41, 5.74) is 8.11. The van der Waals surface area contributed by atoms with E-state index in [2.05, 4.69) is 32.2 Å². The molecule has 0 radical (unpaired) electrons. The van der Waals surface area contributed by atoms with Gasteiger partial charge in [-0.25, -0.2) is 0 Å². The first-order valence-electron chi connectivity index (χ1n) is 11.5. The van der Waals surface area contributed by atoms with Gasteiger partial charge in [-0.15, -0.1) is 0 Å². The lowest BCUT2D eigenvalue weighted by Crippen LogP contribution is -2.25. The fourth-order valence-corrected chi connectivity index (χ4v) is 3.80. The first-order valence-corrected chi connectivity index (χ1v) is 11.8. The van der Waals surface area contributed by atoms with E-state index in [1.807, 2.05) is 50.2 Å². The molecule has 6 nitrogen and oxygen atoms in total. The summed E-state index contributed by atoms with van der Waals surface area (Å²) in [4.78, 5) is 16.2. The van der Waals surface area contributed by atoms with Crippen LogP contribution in [0.4, 0.5) is 11.4 Å². The SMILES string of the molecule is Cc1ccc(N/N=C/C(=O)NCCCCCCCNc2ccnc3cc(Cl)ccc23)c(C)c1. The van der Waals surface area contributed by atoms with Gasteiger partial charge in [-0.2, -0.15) is 5.10 Å². The minimum Gasteiger partial charge on any atom is -0.384 e. The number of benzene rings is 2. The average Bonchev–Trinajstić information content (AvgIpc) is 2.79. The minimum absolute atomic E-state index is 0.178. The minimum atomic E-state index is -0.178. The van der Waals surface area contributed by atoms with Crippen molar-refractivity contribution in [1.82, 2.24) is 10.3 Å². The van der Waals surface area contributed by atoms with Crippen molar-refractivity contribution in [2.75, 3.05) is 23.8 Å². The molecule has 0 fully saturated rings. The standard InChI is InChI=1S/C26H32ClN5O/c1-19-8-11-23(20(2)16-19)32-31-18-26(33)30-14-7-5-3-4-6-13-28-24-12-15-29-25-17-21(27)9-10-22(24)25/h8-12,15-18,32H,3-7,13-14H2,1-2H3,(H,28,29)(H,30,33)/b31-18+. The van der Waals surface area contributed by atoms with Crippen LogP contribution in [0.1, 0.15) is 43.2 Å². The number of amides is 1. The topological polar surface area (TPSA) is 78.4 Å². The summed E-state index contributed by atoms with van der Waals surface area (Å²) in [6.07, 6.45) is 8.55. The summed E-state index contributed by atoms with van der Waals surface area (Å²) in [6, 6.07) is 13.8. The van der Waals surface area contributed by atoms with Crippen molar-refractivity contribution in [3.05, 3.63) is 64.8 Å². The molecule has 0 atom stereocenters. The van der Waals surface area contributed by atoms with E-state index in [0.717, 1.165) is 66.5 Å². The van der Waals surface area contributed by atoms with Gasteiger partial charge < -0.3 is 10.6 Å². The van der Waals surface area contributed by atoms with Crippen LogP contribution in [0.3, 0.4) is 0 Å². The highest BCUT2D eigenvalue weighted by molar-refractivity contribution is 6.31. The largest absolute Gasteiger partial charge is 0.384 e. The van der Waals surface area contributed by atoms with Crippen molar-refractivity contribution < 1.29 is 4.79 Å². The first-order chi connectivity index (χ1) is 16.0. The number of pyridine rings is 1. The quantitative estimate of drug-likeness (QED) is 0.172. The summed E-state index contributed by atoms with van der Waals surface area (Å²) >= 11 is 6.05. The van der Waals surface area contributed by atoms with Gasteiger partial charge in [0.25, 0.3) is 5.91 Å². The molecule has 1 amide bonds. The second kappa shape index (κ2) is 12.8. The van der Waals surface area contributed by atoms with Gasteiger partial charge in [-0.05, 0) is 62.6 Å². The molecule has 0 aliphatic carbocycles. The molecule has 0 unspecified atom stereocenters. The number of hydrogen-bond acceptors (Lipinski definition) is 5. The van der Waals surface area contributed by atoms with Crippen LogP contribution in [-0.4, -0.2) is 30.2 Å². The Labute approximate surface area is 200 Å². The van der Waals surface area contributed by atoms with Crippen molar-refractivity contribution in [1.29, 1.82) is 0 Å². The molecular weight excluding hydrogens is 434 g/mol. The summed E-state index contributed by atoms with van der Waals surface area (Å²) in [6.45, 7) is 5.64. The molecule has 0 saturated carbocycles. The number of halogens is 1. The number of carbonyl (C=O) groups excluding carboxylic acids is 1. The Kier molecular flexibility index (Phi) is 9.51. The maximum atomic E-state index is 11.9. The first kappa shape index (κ1) is 24.5. The van der Waals surface area contributed by atoms with Gasteiger partial charge in [0, 0.05) is 35.4 Å². The number of hydrogen-bond donors (Lipinski definition) is 3. The van der Waals surface area contributed by atoms with E-state index in [-0.39, 0.29) is 5.91 Å². The number of carbonyl (C=O) groups is 1. The van der Waals surface area contributed by atoms with Crippen LogP contribution in [0.15, 0.2) is 53.8 Å². The summed E-state index contributed by atoms with van der Waals surface area (Å²) < 4.78 is 0. The maximum Gasteiger partial charge on any atom is 0.264 e. The Morgan fingerprint density at radius 2 is 1.76 bits per heavy atom. The number of anilines is 2. The molecule has 0 bridgehead atoms. The van der Waals surface area contributed by atoms with Gasteiger partial charge in [0.05, 0.1) is 11.2 Å². The monoisotopic (exact) mass is 465 g/mol. The number of hydrazone groups is 1. The van der Waals surface area contributed by atoms with Crippen molar-refractivity contribution >= 4 is 46.0 Å². The fraction of sp³-hybridized carbons (Fsp3) is 0.346. The van der Waals surface area contributed by atoms with E-state index in [0.29, 0.717) is 11.6 Å². The van der Waals surface area contributed by atoms with E-state index in [1.165, 1.54) is 11.8 Å². The zero-order valence-electron chi connectivity index (χ0n) is 19.3. The highest BCUT2D eigenvalue weighted by Gasteiger charge is 2.02. The molecule has 33 heavy (non-hydrogen) atoms. The Hall–Kier alpha value is -3.12. The predicted octanol–water partition coefficient (Wildman–Crippen LogP) is 6.08. The number of aryl methyl sites for hydroxylation is 2. The third-order valence-corrected chi connectivity index (χ3v) is 5.66. The van der Waals surface area contributed by atoms with E-state index in [4.69, 9.17) is 11.6 Å². The number of nitrogens with one attached hydrogen (secondary N) is 3. The number of unbranched alkanes of at least 4 members (excludes halogenated alkanes) is 4. The molecule has 2 aromatic carbocycles. The molecule has 0 aliphatic heterocycles. The van der Waals surface area contributed by atoms with Gasteiger partial charge in [0.1, 0.15) is 6.21 Å². The zero-order valence-corrected chi connectivity index (χ0v) is 20.1. The van der Waals surface area contributed by atoms with E-state index in [9.17, 15) is 4.79 Å². The number of fused-ring (bicyclic) bond motifs is 1. The number of aromatic nitrogens is 1. The van der Waals surface area contributed by atoms with E-state index < -0.39 is 0 Å². The molecule has 0 spiro atoms. The van der Waals surface area contributed by atoms with Crippen LogP contribution in [-0.2, 0) is 4.79 Å². The van der Waals surface area contributed by atoms with Crippen molar-refractivity contribution in [3.63, 3.8) is 0 Å². The molecule has 1 aromatic heterocycles. The number of rotatable bonds is 12. The van der Waals surface area contributed by atoms with Crippen molar-refractivity contribution in [3.8, 4) is 0 Å². The third kappa shape index (κ3) is 8.06. The lowest BCUT2D eigenvalue weighted by atomic mass is 10.1. The van der Waals surface area contributed by atoms with Crippen LogP contribution >= 0.6 is 11.6 Å². The Bertz CT molecular complexity index is 1100. The molecule has 0 saturated heterocycles. The molecule has 7 heteroatoms. The highest BCUT2D eigenvalue weighted by Crippen LogP contribution is 2.24. The second-order valence-electron chi connectivity index (χ2n) is 8.19. The molecule has 1 heterocycles. The number of nitrogens with zero attached hydrogens (tertiary/aromatic N) is 2. The molecule has 3 N–H and O–H groups in total. The van der Waals surface area contributed by atoms with Crippen LogP contribution in [0.5, 0.6) is 0 Å². The Balaban J connectivity index is 1.23. The normalized spacial score (nSPS) is 11.1. The Morgan fingerprint density at radius 3 is 2.58 bits per heavy atom. The summed E-state index contributed by atoms with van der Waals surface area (Å²) in [5.74, 6) is -0.178. The smallest absolute Gasteiger partial charge is 0.264 e. The van der Waals surface area contributed by atoms with Crippen LogP contribution in [0.2, 0.25) is 5.02 Å². The van der Waals surface area contributed by atoms with Crippen LogP contribution in [0, 0.1) is 13.8 Å². The summed E-state index contributed by atoms with van der Waals surface area (Å²) in [5, 5.41) is 12.2.